The van der Waals surface area contributed by atoms with E-state index in [1.165, 1.54) is 49.4 Å². The maximum absolute atomic E-state index is 13.6. The first kappa shape index (κ1) is 20.6. The van der Waals surface area contributed by atoms with E-state index in [4.69, 9.17) is 0 Å². The molecule has 0 unspecified atom stereocenters. The average Bonchev–Trinajstić information content (AvgIpc) is 3.54. The summed E-state index contributed by atoms with van der Waals surface area (Å²) in [5.41, 5.74) is 3.55. The lowest BCUT2D eigenvalue weighted by atomic mass is 9.43. The Balaban J connectivity index is 1.24. The van der Waals surface area contributed by atoms with Gasteiger partial charge in [-0.3, -0.25) is 14.5 Å². The Morgan fingerprint density at radius 1 is 1.14 bits per heavy atom. The quantitative estimate of drug-likeness (QED) is 0.720. The van der Waals surface area contributed by atoms with E-state index in [1.54, 1.807) is 12.3 Å². The first-order valence-corrected chi connectivity index (χ1v) is 13.6. The molecule has 1 amide bonds. The fraction of sp³-hybridized carbons (Fsp3) is 0.586. The van der Waals surface area contributed by atoms with E-state index < -0.39 is 0 Å². The molecule has 35 heavy (non-hydrogen) atoms. The minimum Gasteiger partial charge on any atom is -0.508 e. The summed E-state index contributed by atoms with van der Waals surface area (Å²) in [6, 6.07) is 10.1. The number of fused-ring (bicyclic) bond motifs is 1. The van der Waals surface area contributed by atoms with Gasteiger partial charge in [-0.15, -0.1) is 0 Å². The molecule has 1 aromatic carbocycles. The van der Waals surface area contributed by atoms with Gasteiger partial charge in [0.2, 0.25) is 5.56 Å². The molecular formula is C29H33N3O3. The monoisotopic (exact) mass is 471 g/mol. The van der Waals surface area contributed by atoms with Crippen LogP contribution in [0.2, 0.25) is 0 Å². The van der Waals surface area contributed by atoms with E-state index in [9.17, 15) is 14.7 Å². The second-order valence-corrected chi connectivity index (χ2v) is 12.4. The van der Waals surface area contributed by atoms with Gasteiger partial charge in [-0.1, -0.05) is 6.07 Å². The van der Waals surface area contributed by atoms with Gasteiger partial charge < -0.3 is 15.0 Å². The van der Waals surface area contributed by atoms with Crippen LogP contribution in [0.25, 0.3) is 0 Å². The molecule has 4 aliphatic carbocycles. The third kappa shape index (κ3) is 2.54. The Labute approximate surface area is 205 Å². The molecule has 0 radical (unpaired) electrons. The van der Waals surface area contributed by atoms with Crippen LogP contribution in [0.5, 0.6) is 5.75 Å². The van der Waals surface area contributed by atoms with Crippen LogP contribution in [-0.4, -0.2) is 57.5 Å². The number of phenolic OH excluding ortho intramolecular Hbond substituents is 1. The lowest BCUT2D eigenvalue weighted by molar-refractivity contribution is -0.102. The number of hydrogen-bond donors (Lipinski definition) is 2. The van der Waals surface area contributed by atoms with Crippen LogP contribution in [0.15, 0.2) is 41.3 Å². The van der Waals surface area contributed by atoms with Gasteiger partial charge in [0.1, 0.15) is 5.75 Å². The summed E-state index contributed by atoms with van der Waals surface area (Å²) in [4.78, 5) is 32.9. The van der Waals surface area contributed by atoms with Crippen LogP contribution in [-0.2, 0) is 11.8 Å². The highest BCUT2D eigenvalue weighted by Crippen LogP contribution is 2.75. The largest absolute Gasteiger partial charge is 0.508 e. The molecule has 6 nitrogen and oxygen atoms in total. The molecule has 2 aromatic rings. The standard InChI is InChI=1S/C29H33N3O3/c33-21-5-3-18-11-24-28-8-7-23-26(29(28,22(18)12-21)9-10-31(24)15-17-1-2-17)20(13-28)16-32(23)27(35)19-4-6-25(34)30-14-19/h3-6,12,14,17,20,23-24,26,33H,1-2,7-11,13,15-16H2,(H,30,34)/t20-,23-,24-,26-,28-,29+/m1/s1. The number of hydrogen-bond acceptors (Lipinski definition) is 4. The SMILES string of the molecule is O=C(c1ccc(=O)[nH]c1)N1C[C@H]2C[C@@]34CC[C@@H]1[C@@H]2[C@@]31CCN(CC2CC2)[C@@H]4Cc2ccc(O)cc21. The third-order valence-electron chi connectivity index (χ3n) is 11.1. The van der Waals surface area contributed by atoms with Crippen molar-refractivity contribution in [3.05, 3.63) is 63.6 Å². The maximum atomic E-state index is 13.6. The molecule has 5 fully saturated rings. The summed E-state index contributed by atoms with van der Waals surface area (Å²) >= 11 is 0. The summed E-state index contributed by atoms with van der Waals surface area (Å²) in [5, 5.41) is 10.6. The van der Waals surface area contributed by atoms with Gasteiger partial charge in [-0.25, -0.2) is 0 Å². The van der Waals surface area contributed by atoms with Gasteiger partial charge in [0, 0.05) is 42.9 Å². The number of rotatable bonds is 3. The first-order valence-electron chi connectivity index (χ1n) is 13.6. The number of amides is 1. The van der Waals surface area contributed by atoms with Gasteiger partial charge in [0.15, 0.2) is 0 Å². The number of pyridine rings is 1. The highest BCUT2D eigenvalue weighted by molar-refractivity contribution is 5.94. The Hall–Kier alpha value is -2.60. The van der Waals surface area contributed by atoms with Crippen molar-refractivity contribution in [2.45, 2.75) is 62.4 Å². The number of piperidine rings is 1. The summed E-state index contributed by atoms with van der Waals surface area (Å²) in [6.45, 7) is 3.22. The predicted octanol–water partition coefficient (Wildman–Crippen LogP) is 3.30. The van der Waals surface area contributed by atoms with Crippen molar-refractivity contribution in [2.24, 2.45) is 23.2 Å². The summed E-state index contributed by atoms with van der Waals surface area (Å²) in [6.07, 6.45) is 10.0. The molecule has 182 valence electrons. The molecule has 0 spiro atoms. The minimum atomic E-state index is -0.177. The van der Waals surface area contributed by atoms with Crippen molar-refractivity contribution in [2.75, 3.05) is 19.6 Å². The van der Waals surface area contributed by atoms with E-state index >= 15 is 0 Å². The van der Waals surface area contributed by atoms with Crippen LogP contribution in [0.4, 0.5) is 0 Å². The Kier molecular flexibility index (Phi) is 3.99. The van der Waals surface area contributed by atoms with Crippen molar-refractivity contribution >= 4 is 5.91 Å². The van der Waals surface area contributed by atoms with E-state index in [2.05, 4.69) is 26.9 Å². The number of benzene rings is 1. The smallest absolute Gasteiger partial charge is 0.255 e. The molecule has 2 aliphatic heterocycles. The zero-order chi connectivity index (χ0) is 23.5. The minimum absolute atomic E-state index is 0.0532. The molecule has 2 N–H and O–H groups in total. The lowest BCUT2D eigenvalue weighted by Crippen LogP contribution is -2.69. The number of likely N-dealkylation sites (tertiary alicyclic amines) is 2. The van der Waals surface area contributed by atoms with Gasteiger partial charge in [0.25, 0.3) is 5.91 Å². The number of phenols is 1. The molecule has 4 bridgehead atoms. The zero-order valence-electron chi connectivity index (χ0n) is 20.1. The van der Waals surface area contributed by atoms with Crippen molar-refractivity contribution < 1.29 is 9.90 Å². The second kappa shape index (κ2) is 6.78. The molecule has 1 aromatic heterocycles. The van der Waals surface area contributed by atoms with E-state index in [0.29, 0.717) is 29.2 Å². The fourth-order valence-electron chi connectivity index (χ4n) is 9.89. The van der Waals surface area contributed by atoms with Crippen LogP contribution < -0.4 is 5.56 Å². The van der Waals surface area contributed by atoms with Gasteiger partial charge >= 0.3 is 0 Å². The van der Waals surface area contributed by atoms with Crippen LogP contribution in [0.3, 0.4) is 0 Å². The highest BCUT2D eigenvalue weighted by Gasteiger charge is 2.76. The number of carbonyl (C=O) groups excluding carboxylic acids is 1. The molecule has 3 heterocycles. The summed E-state index contributed by atoms with van der Waals surface area (Å²) < 4.78 is 0. The Morgan fingerprint density at radius 2 is 2.03 bits per heavy atom. The number of aromatic hydroxyl groups is 1. The van der Waals surface area contributed by atoms with Crippen molar-refractivity contribution in [3.8, 4) is 5.75 Å². The molecule has 2 saturated heterocycles. The number of aromatic amines is 1. The molecule has 8 rings (SSSR count). The number of H-pyrrole nitrogens is 1. The molecule has 6 heteroatoms. The lowest BCUT2D eigenvalue weighted by Gasteiger charge is -2.66. The number of nitrogens with one attached hydrogen (secondary N) is 1. The zero-order valence-corrected chi connectivity index (χ0v) is 20.1. The third-order valence-corrected chi connectivity index (χ3v) is 11.1. The van der Waals surface area contributed by atoms with E-state index in [1.807, 2.05) is 6.07 Å². The first-order chi connectivity index (χ1) is 17.0. The number of carbonyl (C=O) groups is 1. The van der Waals surface area contributed by atoms with E-state index in [0.717, 1.165) is 38.3 Å². The van der Waals surface area contributed by atoms with Gasteiger partial charge in [0.05, 0.1) is 5.56 Å². The summed E-state index contributed by atoms with van der Waals surface area (Å²) in [5.74, 6) is 2.29. The Bertz CT molecular complexity index is 1280. The fourth-order valence-corrected chi connectivity index (χ4v) is 9.89. The molecule has 3 saturated carbocycles. The van der Waals surface area contributed by atoms with Gasteiger partial charge in [-0.2, -0.15) is 0 Å². The van der Waals surface area contributed by atoms with Crippen molar-refractivity contribution in [1.82, 2.24) is 14.8 Å². The highest BCUT2D eigenvalue weighted by atomic mass is 16.3. The van der Waals surface area contributed by atoms with Crippen LogP contribution in [0.1, 0.15) is 60.0 Å². The van der Waals surface area contributed by atoms with E-state index in [-0.39, 0.29) is 28.3 Å². The number of aromatic nitrogens is 1. The molecular weight excluding hydrogens is 438 g/mol. The maximum Gasteiger partial charge on any atom is 0.255 e. The van der Waals surface area contributed by atoms with Gasteiger partial charge in [-0.05, 0) is 104 Å². The summed E-state index contributed by atoms with van der Waals surface area (Å²) in [7, 11) is 0. The normalized spacial score (nSPS) is 38.8. The number of nitrogens with zero attached hydrogens (tertiary/aromatic N) is 2. The average molecular weight is 472 g/mol. The Morgan fingerprint density at radius 3 is 2.83 bits per heavy atom. The second-order valence-electron chi connectivity index (χ2n) is 12.4. The predicted molar refractivity (Wildman–Crippen MR) is 131 cm³/mol. The van der Waals surface area contributed by atoms with Crippen molar-refractivity contribution in [3.63, 3.8) is 0 Å². The van der Waals surface area contributed by atoms with Crippen LogP contribution >= 0.6 is 0 Å². The van der Waals surface area contributed by atoms with Crippen LogP contribution in [0, 0.1) is 23.2 Å². The molecule has 6 aliphatic rings. The molecule has 6 atom stereocenters. The topological polar surface area (TPSA) is 76.6 Å². The van der Waals surface area contributed by atoms with Crippen molar-refractivity contribution in [1.29, 1.82) is 0 Å².